The van der Waals surface area contributed by atoms with Crippen LogP contribution in [0.25, 0.3) is 10.9 Å². The Morgan fingerprint density at radius 2 is 2.05 bits per heavy atom. The molecule has 0 radical (unpaired) electrons. The molecule has 4 heteroatoms. The number of nitrogen functional groups attached to an aromatic ring is 1. The van der Waals surface area contributed by atoms with E-state index >= 15 is 0 Å². The molecular weight excluding hydrogens is 264 g/mol. The summed E-state index contributed by atoms with van der Waals surface area (Å²) in [5.41, 5.74) is 10.1. The zero-order valence-electron chi connectivity index (χ0n) is 11.6. The highest BCUT2D eigenvalue weighted by atomic mass is 16.7. The van der Waals surface area contributed by atoms with E-state index in [-0.39, 0.29) is 0 Å². The average molecular weight is 280 g/mol. The summed E-state index contributed by atoms with van der Waals surface area (Å²) in [5, 5.41) is 1.24. The molecule has 0 unspecified atom stereocenters. The Kier molecular flexibility index (Phi) is 2.82. The van der Waals surface area contributed by atoms with Gasteiger partial charge in [-0.25, -0.2) is 0 Å². The standard InChI is InChI=1S/C17H16N2O2/c18-15-7-13(17-14(8-15)10-20-11-21-17)9-19-6-5-12-3-1-2-4-16(12)19/h1-8H,9-11,18H2. The molecule has 2 heterocycles. The van der Waals surface area contributed by atoms with Crippen LogP contribution < -0.4 is 10.5 Å². The topological polar surface area (TPSA) is 49.4 Å². The number of anilines is 1. The molecule has 3 aromatic rings. The Morgan fingerprint density at radius 1 is 1.14 bits per heavy atom. The maximum absolute atomic E-state index is 6.00. The van der Waals surface area contributed by atoms with Crippen molar-refractivity contribution in [2.24, 2.45) is 0 Å². The zero-order valence-corrected chi connectivity index (χ0v) is 11.6. The first kappa shape index (κ1) is 12.3. The Morgan fingerprint density at radius 3 is 3.00 bits per heavy atom. The molecule has 0 amide bonds. The number of fused-ring (bicyclic) bond motifs is 2. The molecule has 0 aliphatic carbocycles. The van der Waals surface area contributed by atoms with E-state index in [2.05, 4.69) is 41.1 Å². The molecule has 4 nitrogen and oxygen atoms in total. The van der Waals surface area contributed by atoms with Crippen LogP contribution in [0.5, 0.6) is 5.75 Å². The monoisotopic (exact) mass is 280 g/mol. The third-order valence-corrected chi connectivity index (χ3v) is 3.83. The van der Waals surface area contributed by atoms with Crippen molar-refractivity contribution in [2.75, 3.05) is 12.5 Å². The van der Waals surface area contributed by atoms with Gasteiger partial charge in [0.05, 0.1) is 13.2 Å². The molecule has 2 aromatic carbocycles. The Balaban J connectivity index is 1.79. The van der Waals surface area contributed by atoms with E-state index in [9.17, 15) is 0 Å². The molecular formula is C17H16N2O2. The van der Waals surface area contributed by atoms with Crippen LogP contribution >= 0.6 is 0 Å². The van der Waals surface area contributed by atoms with Crippen LogP contribution in [0.2, 0.25) is 0 Å². The predicted octanol–water partition coefficient (Wildman–Crippen LogP) is 3.14. The van der Waals surface area contributed by atoms with Crippen LogP contribution in [0.4, 0.5) is 5.69 Å². The molecule has 0 spiro atoms. The minimum atomic E-state index is 0.302. The van der Waals surface area contributed by atoms with Crippen molar-refractivity contribution in [3.8, 4) is 5.75 Å². The second kappa shape index (κ2) is 4.82. The molecule has 1 aliphatic rings. The van der Waals surface area contributed by atoms with Crippen LogP contribution in [0, 0.1) is 0 Å². The van der Waals surface area contributed by atoms with E-state index in [1.807, 2.05) is 12.1 Å². The van der Waals surface area contributed by atoms with Gasteiger partial charge in [0, 0.05) is 28.5 Å². The van der Waals surface area contributed by atoms with E-state index in [0.29, 0.717) is 13.4 Å². The summed E-state index contributed by atoms with van der Waals surface area (Å²) in [6.07, 6.45) is 2.10. The van der Waals surface area contributed by atoms with E-state index in [0.717, 1.165) is 29.1 Å². The third kappa shape index (κ3) is 2.14. The fourth-order valence-corrected chi connectivity index (χ4v) is 2.91. The van der Waals surface area contributed by atoms with E-state index in [1.165, 1.54) is 10.9 Å². The van der Waals surface area contributed by atoms with Crippen molar-refractivity contribution in [1.82, 2.24) is 4.57 Å². The van der Waals surface area contributed by atoms with Crippen LogP contribution in [0.15, 0.2) is 48.7 Å². The Labute approximate surface area is 122 Å². The van der Waals surface area contributed by atoms with Gasteiger partial charge >= 0.3 is 0 Å². The van der Waals surface area contributed by atoms with Crippen molar-refractivity contribution < 1.29 is 9.47 Å². The van der Waals surface area contributed by atoms with Gasteiger partial charge in [-0.3, -0.25) is 0 Å². The molecule has 4 rings (SSSR count). The van der Waals surface area contributed by atoms with Gasteiger partial charge in [-0.2, -0.15) is 0 Å². The average Bonchev–Trinajstić information content (AvgIpc) is 2.90. The van der Waals surface area contributed by atoms with Crippen LogP contribution in [-0.2, 0) is 17.9 Å². The number of hydrogen-bond donors (Lipinski definition) is 1. The highest BCUT2D eigenvalue weighted by molar-refractivity contribution is 5.80. The lowest BCUT2D eigenvalue weighted by molar-refractivity contribution is -0.0170. The number of nitrogens with two attached hydrogens (primary N) is 1. The predicted molar refractivity (Wildman–Crippen MR) is 82.2 cm³/mol. The first-order valence-corrected chi connectivity index (χ1v) is 6.97. The van der Waals surface area contributed by atoms with Crippen molar-refractivity contribution in [3.63, 3.8) is 0 Å². The number of para-hydroxylation sites is 1. The molecule has 21 heavy (non-hydrogen) atoms. The highest BCUT2D eigenvalue weighted by Gasteiger charge is 2.16. The van der Waals surface area contributed by atoms with Gasteiger partial charge in [0.25, 0.3) is 0 Å². The molecule has 0 saturated carbocycles. The lowest BCUT2D eigenvalue weighted by Gasteiger charge is -2.21. The smallest absolute Gasteiger partial charge is 0.189 e. The van der Waals surface area contributed by atoms with Crippen LogP contribution in [-0.4, -0.2) is 11.4 Å². The molecule has 1 aliphatic heterocycles. The quantitative estimate of drug-likeness (QED) is 0.734. The molecule has 0 bridgehead atoms. The second-order valence-electron chi connectivity index (χ2n) is 5.28. The largest absolute Gasteiger partial charge is 0.467 e. The molecule has 0 saturated heterocycles. The summed E-state index contributed by atoms with van der Waals surface area (Å²) in [6, 6.07) is 14.4. The molecule has 2 N–H and O–H groups in total. The number of nitrogens with zero attached hydrogens (tertiary/aromatic N) is 1. The molecule has 0 fully saturated rings. The van der Waals surface area contributed by atoms with E-state index in [1.54, 1.807) is 0 Å². The maximum atomic E-state index is 6.00. The van der Waals surface area contributed by atoms with Crippen molar-refractivity contribution >= 4 is 16.6 Å². The third-order valence-electron chi connectivity index (χ3n) is 3.83. The normalized spacial score (nSPS) is 13.9. The summed E-state index contributed by atoms with van der Waals surface area (Å²) in [6.45, 7) is 1.59. The summed E-state index contributed by atoms with van der Waals surface area (Å²) in [4.78, 5) is 0. The molecule has 0 atom stereocenters. The number of hydrogen-bond acceptors (Lipinski definition) is 3. The fraction of sp³-hybridized carbons (Fsp3) is 0.176. The van der Waals surface area contributed by atoms with E-state index in [4.69, 9.17) is 15.2 Å². The first-order valence-electron chi connectivity index (χ1n) is 6.97. The van der Waals surface area contributed by atoms with Gasteiger partial charge in [-0.05, 0) is 29.7 Å². The van der Waals surface area contributed by atoms with Gasteiger partial charge in [0.2, 0.25) is 0 Å². The summed E-state index contributed by atoms with van der Waals surface area (Å²) >= 11 is 0. The Bertz CT molecular complexity index is 808. The van der Waals surface area contributed by atoms with Crippen LogP contribution in [0.3, 0.4) is 0 Å². The number of ether oxygens (including phenoxy) is 2. The van der Waals surface area contributed by atoms with Gasteiger partial charge in [-0.15, -0.1) is 0 Å². The van der Waals surface area contributed by atoms with Crippen LogP contribution in [0.1, 0.15) is 11.1 Å². The fourth-order valence-electron chi connectivity index (χ4n) is 2.91. The van der Waals surface area contributed by atoms with Gasteiger partial charge in [0.1, 0.15) is 5.75 Å². The molecule has 1 aromatic heterocycles. The second-order valence-corrected chi connectivity index (χ2v) is 5.28. The van der Waals surface area contributed by atoms with E-state index < -0.39 is 0 Å². The highest BCUT2D eigenvalue weighted by Crippen LogP contribution is 2.32. The Hall–Kier alpha value is -2.46. The van der Waals surface area contributed by atoms with Crippen molar-refractivity contribution in [2.45, 2.75) is 13.2 Å². The molecule has 106 valence electrons. The lowest BCUT2D eigenvalue weighted by Crippen LogP contribution is -2.14. The van der Waals surface area contributed by atoms with Crippen molar-refractivity contribution in [3.05, 3.63) is 59.8 Å². The number of benzene rings is 2. The van der Waals surface area contributed by atoms with Gasteiger partial charge in [0.15, 0.2) is 6.79 Å². The maximum Gasteiger partial charge on any atom is 0.189 e. The number of aromatic nitrogens is 1. The minimum Gasteiger partial charge on any atom is -0.467 e. The SMILES string of the molecule is Nc1cc2c(c(Cn3ccc4ccccc43)c1)OCOC2. The summed E-state index contributed by atoms with van der Waals surface area (Å²) in [7, 11) is 0. The first-order chi connectivity index (χ1) is 10.3. The summed E-state index contributed by atoms with van der Waals surface area (Å²) in [5.74, 6) is 0.910. The zero-order chi connectivity index (χ0) is 14.2. The minimum absolute atomic E-state index is 0.302. The summed E-state index contributed by atoms with van der Waals surface area (Å²) < 4.78 is 13.2. The number of rotatable bonds is 2. The van der Waals surface area contributed by atoms with Gasteiger partial charge < -0.3 is 19.8 Å². The lowest BCUT2D eigenvalue weighted by atomic mass is 10.1. The van der Waals surface area contributed by atoms with Crippen molar-refractivity contribution in [1.29, 1.82) is 0 Å². The van der Waals surface area contributed by atoms with Gasteiger partial charge in [-0.1, -0.05) is 18.2 Å².